The fraction of sp³-hybridized carbons (Fsp3) is 0.417. The number of fused-ring (bicyclic) bond motifs is 1. The minimum absolute atomic E-state index is 0.00691. The normalized spacial score (nSPS) is 13.7. The average Bonchev–Trinajstić information content (AvgIpc) is 3.71. The number of aromatic hydroxyl groups is 1. The van der Waals surface area contributed by atoms with E-state index >= 15 is 0 Å². The van der Waals surface area contributed by atoms with E-state index in [1.165, 1.54) is 19.2 Å². The average molecular weight is 926 g/mol. The zero-order chi connectivity index (χ0) is 49.0. The van der Waals surface area contributed by atoms with Crippen molar-refractivity contribution < 1.29 is 48.6 Å². The Morgan fingerprint density at radius 2 is 1.28 bits per heavy atom. The molecule has 67 heavy (non-hydrogen) atoms. The molecule has 0 radical (unpaired) electrons. The first-order chi connectivity index (χ1) is 32.0. The number of nitrogens with two attached hydrogens (primary N) is 2. The molecule has 0 saturated heterocycles. The van der Waals surface area contributed by atoms with Gasteiger partial charge >= 0.3 is 5.97 Å². The van der Waals surface area contributed by atoms with Gasteiger partial charge in [0, 0.05) is 37.0 Å². The molecular formula is C48H63N9O10. The second kappa shape index (κ2) is 26.0. The monoisotopic (exact) mass is 925 g/mol. The van der Waals surface area contributed by atoms with Crippen LogP contribution in [0.25, 0.3) is 10.9 Å². The van der Waals surface area contributed by atoms with Crippen molar-refractivity contribution in [3.8, 4) is 5.75 Å². The van der Waals surface area contributed by atoms with Gasteiger partial charge in [-0.3, -0.25) is 38.4 Å². The molecule has 3 aromatic carbocycles. The van der Waals surface area contributed by atoms with Crippen LogP contribution in [0.4, 0.5) is 0 Å². The highest BCUT2D eigenvalue weighted by Crippen LogP contribution is 2.21. The molecule has 19 heteroatoms. The number of benzene rings is 3. The molecule has 4 rings (SSSR count). The standard InChI is InChI=1S/C48H63N9O10/c1-4-6-16-36(54-44(63)34(49)23-30-19-21-32(58)22-20-30)45(64)52-28-41(59)53-39(25-31-27-51-35-17-12-11-15-33(31)35)48(67)57(3)40(18-7-5-2)47(66)56-38(26-42(60)61)46(65)55-37(43(50)62)24-29-13-9-8-10-14-29/h8-15,17,19-22,27,34,36-40,51,58H,4-7,16,18,23-26,28,49H2,1-3H3,(H2,50,62)(H,52,64)(H,53,59)(H,54,63)(H,55,65)(H,56,66)(H,60,61)/t34-,36-,37-,38-,39-,40-/m0/s1. The molecule has 7 amide bonds. The lowest BCUT2D eigenvalue weighted by molar-refractivity contribution is -0.144. The van der Waals surface area contributed by atoms with E-state index in [0.717, 1.165) is 15.8 Å². The number of rotatable bonds is 27. The maximum atomic E-state index is 14.6. The van der Waals surface area contributed by atoms with Gasteiger partial charge in [0.1, 0.15) is 36.0 Å². The fourth-order valence-corrected chi connectivity index (χ4v) is 7.49. The van der Waals surface area contributed by atoms with Crippen LogP contribution in [0.5, 0.6) is 5.75 Å². The Bertz CT molecular complexity index is 2320. The van der Waals surface area contributed by atoms with Crippen LogP contribution >= 0.6 is 0 Å². The summed E-state index contributed by atoms with van der Waals surface area (Å²) in [6.45, 7) is 3.20. The Hall–Kier alpha value is -7.28. The SMILES string of the molecule is CCCC[C@H](NC(=O)[C@@H](N)Cc1ccc(O)cc1)C(=O)NCC(=O)N[C@@H](Cc1c[nH]c2ccccc12)C(=O)N(C)[C@@H](CCCC)C(=O)N[C@@H](CC(=O)O)C(=O)N[C@@H](Cc1ccccc1)C(N)=O. The number of para-hydroxylation sites is 1. The number of nitrogens with one attached hydrogen (secondary N) is 6. The molecule has 12 N–H and O–H groups in total. The number of aliphatic carboxylic acids is 1. The first kappa shape index (κ1) is 52.3. The number of aromatic nitrogens is 1. The van der Waals surface area contributed by atoms with Gasteiger partial charge in [0.15, 0.2) is 0 Å². The van der Waals surface area contributed by atoms with E-state index in [-0.39, 0.29) is 37.9 Å². The molecule has 0 aliphatic heterocycles. The van der Waals surface area contributed by atoms with Crippen LogP contribution in [0, 0.1) is 0 Å². The highest BCUT2D eigenvalue weighted by molar-refractivity contribution is 5.98. The Balaban J connectivity index is 1.52. The van der Waals surface area contributed by atoms with Gasteiger partial charge < -0.3 is 58.1 Å². The number of amides is 7. The number of likely N-dealkylation sites (N-methyl/N-ethyl adjacent to an activating group) is 1. The number of nitrogens with zero attached hydrogens (tertiary/aromatic N) is 1. The van der Waals surface area contributed by atoms with Crippen molar-refractivity contribution in [1.82, 2.24) is 36.5 Å². The number of phenols is 1. The highest BCUT2D eigenvalue weighted by atomic mass is 16.4. The topological polar surface area (TPSA) is 308 Å². The quantitative estimate of drug-likeness (QED) is 0.0408. The number of unbranched alkanes of at least 4 members (excludes halogenated alkanes) is 2. The third kappa shape index (κ3) is 16.3. The summed E-state index contributed by atoms with van der Waals surface area (Å²) in [5.41, 5.74) is 14.6. The number of carbonyl (C=O) groups is 8. The number of primary amides is 1. The van der Waals surface area contributed by atoms with Crippen LogP contribution in [0.2, 0.25) is 0 Å². The smallest absolute Gasteiger partial charge is 0.305 e. The van der Waals surface area contributed by atoms with Gasteiger partial charge in [-0.2, -0.15) is 0 Å². The van der Waals surface area contributed by atoms with Crippen LogP contribution in [0.3, 0.4) is 0 Å². The molecule has 4 aromatic rings. The third-order valence-corrected chi connectivity index (χ3v) is 11.3. The second-order valence-electron chi connectivity index (χ2n) is 16.5. The summed E-state index contributed by atoms with van der Waals surface area (Å²) in [4.78, 5) is 111. The van der Waals surface area contributed by atoms with E-state index in [4.69, 9.17) is 11.5 Å². The summed E-state index contributed by atoms with van der Waals surface area (Å²) in [5.74, 6) is -6.75. The summed E-state index contributed by atoms with van der Waals surface area (Å²) in [6.07, 6.45) is 3.60. The van der Waals surface area contributed by atoms with Gasteiger partial charge in [-0.05, 0) is 54.2 Å². The molecule has 1 heterocycles. The van der Waals surface area contributed by atoms with Crippen LogP contribution in [-0.4, -0.2) is 117 Å². The summed E-state index contributed by atoms with van der Waals surface area (Å²) >= 11 is 0. The molecule has 360 valence electrons. The van der Waals surface area contributed by atoms with Crippen molar-refractivity contribution in [1.29, 1.82) is 0 Å². The van der Waals surface area contributed by atoms with E-state index in [1.807, 2.05) is 38.1 Å². The molecule has 0 saturated carbocycles. The van der Waals surface area contributed by atoms with Crippen molar-refractivity contribution in [2.45, 2.75) is 114 Å². The fourth-order valence-electron chi connectivity index (χ4n) is 7.49. The van der Waals surface area contributed by atoms with Gasteiger partial charge in [-0.15, -0.1) is 0 Å². The number of carboxylic acids is 1. The predicted octanol–water partition coefficient (Wildman–Crippen LogP) is 1.45. The largest absolute Gasteiger partial charge is 0.508 e. The van der Waals surface area contributed by atoms with Crippen molar-refractivity contribution >= 4 is 58.2 Å². The maximum absolute atomic E-state index is 14.6. The number of hydrogen-bond acceptors (Lipinski definition) is 10. The number of H-pyrrole nitrogens is 1. The predicted molar refractivity (Wildman–Crippen MR) is 250 cm³/mol. The highest BCUT2D eigenvalue weighted by Gasteiger charge is 2.36. The molecule has 0 spiro atoms. The van der Waals surface area contributed by atoms with E-state index in [9.17, 15) is 48.6 Å². The summed E-state index contributed by atoms with van der Waals surface area (Å²) in [5, 5.41) is 33.0. The molecule has 0 aliphatic rings. The van der Waals surface area contributed by atoms with E-state index < -0.39 is 96.5 Å². The van der Waals surface area contributed by atoms with Gasteiger partial charge in [-0.1, -0.05) is 100 Å². The van der Waals surface area contributed by atoms with Crippen molar-refractivity contribution in [2.24, 2.45) is 11.5 Å². The minimum Gasteiger partial charge on any atom is -0.508 e. The number of phenolic OH excluding ortho intramolecular Hbond substituents is 1. The van der Waals surface area contributed by atoms with Gasteiger partial charge in [0.25, 0.3) is 0 Å². The van der Waals surface area contributed by atoms with Crippen LogP contribution < -0.4 is 38.1 Å². The first-order valence-electron chi connectivity index (χ1n) is 22.4. The van der Waals surface area contributed by atoms with Gasteiger partial charge in [0.05, 0.1) is 19.0 Å². The minimum atomic E-state index is -1.67. The zero-order valence-corrected chi connectivity index (χ0v) is 38.1. The Kier molecular flexibility index (Phi) is 20.3. The van der Waals surface area contributed by atoms with Crippen LogP contribution in [0.1, 0.15) is 75.5 Å². The molecule has 0 bridgehead atoms. The lowest BCUT2D eigenvalue weighted by Crippen LogP contribution is -2.59. The number of aromatic amines is 1. The Morgan fingerprint density at radius 1 is 0.672 bits per heavy atom. The van der Waals surface area contributed by atoms with Crippen LogP contribution in [-0.2, 0) is 57.6 Å². The molecule has 0 unspecified atom stereocenters. The van der Waals surface area contributed by atoms with Crippen LogP contribution in [0.15, 0.2) is 85.1 Å². The van der Waals surface area contributed by atoms with Gasteiger partial charge in [0.2, 0.25) is 41.4 Å². The van der Waals surface area contributed by atoms with Crippen molar-refractivity contribution in [2.75, 3.05) is 13.6 Å². The first-order valence-corrected chi connectivity index (χ1v) is 22.4. The van der Waals surface area contributed by atoms with Crippen molar-refractivity contribution in [3.05, 3.63) is 102 Å². The molecule has 6 atom stereocenters. The third-order valence-electron chi connectivity index (χ3n) is 11.3. The number of hydrogen-bond donors (Lipinski definition) is 10. The zero-order valence-electron chi connectivity index (χ0n) is 38.1. The van der Waals surface area contributed by atoms with Crippen molar-refractivity contribution in [3.63, 3.8) is 0 Å². The summed E-state index contributed by atoms with van der Waals surface area (Å²) in [7, 11) is 1.36. The lowest BCUT2D eigenvalue weighted by Gasteiger charge is -2.32. The summed E-state index contributed by atoms with van der Waals surface area (Å²) in [6, 6.07) is 14.7. The number of carboxylic acid groups (broad SMARTS) is 1. The molecule has 19 nitrogen and oxygen atoms in total. The van der Waals surface area contributed by atoms with E-state index in [1.54, 1.807) is 48.7 Å². The van der Waals surface area contributed by atoms with E-state index in [2.05, 4.69) is 31.6 Å². The van der Waals surface area contributed by atoms with Gasteiger partial charge in [-0.25, -0.2) is 0 Å². The molecule has 0 aliphatic carbocycles. The second-order valence-corrected chi connectivity index (χ2v) is 16.5. The Labute approximate surface area is 389 Å². The van der Waals surface area contributed by atoms with E-state index in [0.29, 0.717) is 42.4 Å². The lowest BCUT2D eigenvalue weighted by atomic mass is 10.0. The molecule has 0 fully saturated rings. The molecular weight excluding hydrogens is 863 g/mol. The molecule has 1 aromatic heterocycles. The summed E-state index contributed by atoms with van der Waals surface area (Å²) < 4.78 is 0. The number of carbonyl (C=O) groups excluding carboxylic acids is 7. The maximum Gasteiger partial charge on any atom is 0.305 e. The Morgan fingerprint density at radius 3 is 1.94 bits per heavy atom.